The lowest BCUT2D eigenvalue weighted by molar-refractivity contribution is 0.0925. The fourth-order valence-electron chi connectivity index (χ4n) is 3.09. The van der Waals surface area contributed by atoms with Crippen molar-refractivity contribution in [2.75, 3.05) is 12.1 Å². The maximum Gasteiger partial charge on any atom is 0.305 e. The average molecular weight is 330 g/mol. The summed E-state index contributed by atoms with van der Waals surface area (Å²) in [5.41, 5.74) is 5.36. The smallest absolute Gasteiger partial charge is 0.305 e. The van der Waals surface area contributed by atoms with Crippen molar-refractivity contribution in [2.45, 2.75) is 6.92 Å². The van der Waals surface area contributed by atoms with Crippen LogP contribution in [0.4, 0.5) is 5.69 Å². The van der Waals surface area contributed by atoms with Crippen LogP contribution in [-0.4, -0.2) is 13.0 Å². The summed E-state index contributed by atoms with van der Waals surface area (Å²) in [5.74, 6) is 0.0817. The number of furan rings is 1. The number of amides is 1. The first-order valence-corrected chi connectivity index (χ1v) is 8.16. The van der Waals surface area contributed by atoms with E-state index in [1.54, 1.807) is 12.1 Å². The first-order valence-electron chi connectivity index (χ1n) is 8.16. The molecule has 0 aliphatic rings. The zero-order valence-electron chi connectivity index (χ0n) is 14.1. The number of rotatable bonds is 3. The molecule has 1 amide bonds. The Morgan fingerprint density at radius 1 is 0.920 bits per heavy atom. The van der Waals surface area contributed by atoms with Gasteiger partial charge in [0.05, 0.1) is 5.69 Å². The first kappa shape index (κ1) is 15.3. The Morgan fingerprint density at radius 2 is 1.64 bits per heavy atom. The molecule has 4 nitrogen and oxygen atoms in total. The molecule has 0 radical (unpaired) electrons. The number of carbonyl (C=O) groups excluding carboxylic acids is 1. The van der Waals surface area contributed by atoms with Gasteiger partial charge in [0.25, 0.3) is 0 Å². The lowest BCUT2D eigenvalue weighted by Crippen LogP contribution is -2.39. The summed E-state index contributed by atoms with van der Waals surface area (Å²) < 4.78 is 5.97. The van der Waals surface area contributed by atoms with Gasteiger partial charge in [0.15, 0.2) is 5.76 Å². The predicted octanol–water partition coefficient (Wildman–Crippen LogP) is 4.68. The second kappa shape index (κ2) is 5.98. The molecule has 1 heterocycles. The van der Waals surface area contributed by atoms with Crippen molar-refractivity contribution in [3.63, 3.8) is 0 Å². The molecular formula is C21H18N2O2. The van der Waals surface area contributed by atoms with E-state index in [2.05, 4.69) is 11.5 Å². The van der Waals surface area contributed by atoms with E-state index in [-0.39, 0.29) is 5.91 Å². The highest BCUT2D eigenvalue weighted by atomic mass is 16.3. The van der Waals surface area contributed by atoms with Gasteiger partial charge in [-0.05, 0) is 24.4 Å². The highest BCUT2D eigenvalue weighted by molar-refractivity contribution is 6.09. The maximum absolute atomic E-state index is 12.7. The lowest BCUT2D eigenvalue weighted by Gasteiger charge is -2.19. The van der Waals surface area contributed by atoms with Crippen LogP contribution in [0, 0.1) is 6.92 Å². The van der Waals surface area contributed by atoms with Gasteiger partial charge in [-0.2, -0.15) is 0 Å². The van der Waals surface area contributed by atoms with E-state index in [4.69, 9.17) is 4.42 Å². The predicted molar refractivity (Wildman–Crippen MR) is 101 cm³/mol. The van der Waals surface area contributed by atoms with Crippen molar-refractivity contribution in [2.24, 2.45) is 0 Å². The Balaban J connectivity index is 1.72. The number of fused-ring (bicyclic) bond motifs is 3. The van der Waals surface area contributed by atoms with Crippen molar-refractivity contribution < 1.29 is 9.21 Å². The molecule has 0 unspecified atom stereocenters. The van der Waals surface area contributed by atoms with Crippen LogP contribution in [0.25, 0.3) is 21.7 Å². The molecule has 0 aliphatic heterocycles. The number of anilines is 1. The van der Waals surface area contributed by atoms with Gasteiger partial charge in [-0.15, -0.1) is 0 Å². The van der Waals surface area contributed by atoms with Crippen LogP contribution in [0.15, 0.2) is 71.1 Å². The van der Waals surface area contributed by atoms with Crippen molar-refractivity contribution in [3.8, 4) is 0 Å². The van der Waals surface area contributed by atoms with Crippen molar-refractivity contribution in [1.29, 1.82) is 0 Å². The fourth-order valence-corrected chi connectivity index (χ4v) is 3.09. The van der Waals surface area contributed by atoms with E-state index >= 15 is 0 Å². The van der Waals surface area contributed by atoms with Crippen molar-refractivity contribution in [3.05, 3.63) is 78.1 Å². The van der Waals surface area contributed by atoms with Gasteiger partial charge in [0.1, 0.15) is 5.58 Å². The van der Waals surface area contributed by atoms with E-state index in [1.807, 2.05) is 67.6 Å². The molecule has 0 saturated carbocycles. The maximum atomic E-state index is 12.7. The van der Waals surface area contributed by atoms with Crippen LogP contribution in [0.1, 0.15) is 16.1 Å². The SMILES string of the molecule is Cc1c(C(=O)NN(C)c2ccccc2)oc2c1ccc1ccccc12. The fraction of sp³-hybridized carbons (Fsp3) is 0.0952. The number of carbonyl (C=O) groups is 1. The van der Waals surface area contributed by atoms with Crippen LogP contribution in [0.2, 0.25) is 0 Å². The quantitative estimate of drug-likeness (QED) is 0.555. The number of hydrazine groups is 1. The van der Waals surface area contributed by atoms with Gasteiger partial charge >= 0.3 is 5.91 Å². The normalized spacial score (nSPS) is 11.0. The third kappa shape index (κ3) is 2.62. The molecule has 25 heavy (non-hydrogen) atoms. The number of para-hydroxylation sites is 1. The van der Waals surface area contributed by atoms with Gasteiger partial charge in [0, 0.05) is 23.4 Å². The van der Waals surface area contributed by atoms with Crippen molar-refractivity contribution in [1.82, 2.24) is 5.43 Å². The highest BCUT2D eigenvalue weighted by Crippen LogP contribution is 2.31. The summed E-state index contributed by atoms with van der Waals surface area (Å²) >= 11 is 0. The summed E-state index contributed by atoms with van der Waals surface area (Å²) in [6, 6.07) is 21.7. The third-order valence-electron chi connectivity index (χ3n) is 4.45. The van der Waals surface area contributed by atoms with Crippen LogP contribution in [0.3, 0.4) is 0 Å². The standard InChI is InChI=1S/C21H18N2O2/c1-14-17-13-12-15-8-6-7-11-18(15)20(17)25-19(14)21(24)22-23(2)16-9-4-3-5-10-16/h3-13H,1-2H3,(H,22,24). The number of nitrogens with one attached hydrogen (secondary N) is 1. The summed E-state index contributed by atoms with van der Waals surface area (Å²) in [4.78, 5) is 12.7. The van der Waals surface area contributed by atoms with Gasteiger partial charge in [-0.1, -0.05) is 54.6 Å². The molecule has 4 aromatic rings. The molecular weight excluding hydrogens is 312 g/mol. The van der Waals surface area contributed by atoms with E-state index in [0.29, 0.717) is 5.76 Å². The molecule has 0 bridgehead atoms. The molecule has 124 valence electrons. The van der Waals surface area contributed by atoms with Crippen LogP contribution >= 0.6 is 0 Å². The zero-order valence-corrected chi connectivity index (χ0v) is 14.1. The Kier molecular flexibility index (Phi) is 3.65. The minimum Gasteiger partial charge on any atom is -0.450 e. The van der Waals surface area contributed by atoms with Crippen molar-refractivity contribution >= 4 is 33.3 Å². The molecule has 4 rings (SSSR count). The van der Waals surface area contributed by atoms with Crippen LogP contribution < -0.4 is 10.4 Å². The molecule has 1 N–H and O–H groups in total. The molecule has 0 spiro atoms. The highest BCUT2D eigenvalue weighted by Gasteiger charge is 2.20. The second-order valence-electron chi connectivity index (χ2n) is 6.06. The van der Waals surface area contributed by atoms with Crippen LogP contribution in [-0.2, 0) is 0 Å². The summed E-state index contributed by atoms with van der Waals surface area (Å²) in [7, 11) is 1.81. The first-order chi connectivity index (χ1) is 12.1. The van der Waals surface area contributed by atoms with Gasteiger partial charge in [0.2, 0.25) is 0 Å². The molecule has 0 aliphatic carbocycles. The molecule has 0 fully saturated rings. The largest absolute Gasteiger partial charge is 0.450 e. The van der Waals surface area contributed by atoms with E-state index in [0.717, 1.165) is 33.0 Å². The third-order valence-corrected chi connectivity index (χ3v) is 4.45. The Hall–Kier alpha value is -3.27. The molecule has 1 aromatic heterocycles. The monoisotopic (exact) mass is 330 g/mol. The number of hydrogen-bond acceptors (Lipinski definition) is 3. The molecule has 0 atom stereocenters. The summed E-state index contributed by atoms with van der Waals surface area (Å²) in [6.07, 6.45) is 0. The van der Waals surface area contributed by atoms with Gasteiger partial charge in [-0.25, -0.2) is 0 Å². The van der Waals surface area contributed by atoms with Crippen LogP contribution in [0.5, 0.6) is 0 Å². The number of hydrogen-bond donors (Lipinski definition) is 1. The molecule has 0 saturated heterocycles. The average Bonchev–Trinajstić information content (AvgIpc) is 3.00. The molecule has 3 aromatic carbocycles. The number of aryl methyl sites for hydroxylation is 1. The number of nitrogens with zero attached hydrogens (tertiary/aromatic N) is 1. The minimum atomic E-state index is -0.260. The summed E-state index contributed by atoms with van der Waals surface area (Å²) in [6.45, 7) is 1.91. The number of benzene rings is 3. The Labute approximate surface area is 145 Å². The van der Waals surface area contributed by atoms with Gasteiger partial charge in [-0.3, -0.25) is 15.2 Å². The zero-order chi connectivity index (χ0) is 17.4. The van der Waals surface area contributed by atoms with E-state index < -0.39 is 0 Å². The summed E-state index contributed by atoms with van der Waals surface area (Å²) in [5, 5.41) is 4.76. The Morgan fingerprint density at radius 3 is 2.44 bits per heavy atom. The Bertz CT molecular complexity index is 1070. The van der Waals surface area contributed by atoms with E-state index in [1.165, 1.54) is 0 Å². The second-order valence-corrected chi connectivity index (χ2v) is 6.06. The molecule has 4 heteroatoms. The van der Waals surface area contributed by atoms with E-state index in [9.17, 15) is 4.79 Å². The topological polar surface area (TPSA) is 45.5 Å². The minimum absolute atomic E-state index is 0.260. The van der Waals surface area contributed by atoms with Gasteiger partial charge < -0.3 is 4.42 Å². The lowest BCUT2D eigenvalue weighted by atomic mass is 10.1.